The molecule has 6 nitrogen and oxygen atoms in total. The lowest BCUT2D eigenvalue weighted by Gasteiger charge is -2.31. The molecule has 0 aliphatic carbocycles. The zero-order chi connectivity index (χ0) is 16.2. The first-order valence-corrected chi connectivity index (χ1v) is 9.32. The summed E-state index contributed by atoms with van der Waals surface area (Å²) in [5.74, 6) is 0.708. The van der Waals surface area contributed by atoms with Crippen molar-refractivity contribution >= 4 is 15.8 Å². The summed E-state index contributed by atoms with van der Waals surface area (Å²) in [5, 5.41) is 9.70. The fourth-order valence-corrected chi connectivity index (χ4v) is 3.93. The summed E-state index contributed by atoms with van der Waals surface area (Å²) in [6.45, 7) is 5.26. The van der Waals surface area contributed by atoms with Gasteiger partial charge in [0.15, 0.2) is 0 Å². The van der Waals surface area contributed by atoms with Crippen LogP contribution in [0.2, 0.25) is 0 Å². The minimum atomic E-state index is -3.52. The lowest BCUT2D eigenvalue weighted by atomic mass is 10.1. The van der Waals surface area contributed by atoms with E-state index in [4.69, 9.17) is 0 Å². The molecule has 0 bridgehead atoms. The number of nitrogens with zero attached hydrogens (tertiary/aromatic N) is 2. The van der Waals surface area contributed by atoms with Gasteiger partial charge in [0.2, 0.25) is 10.0 Å². The lowest BCUT2D eigenvalue weighted by molar-refractivity contribution is 0.154. The average molecular weight is 327 g/mol. The monoisotopic (exact) mass is 327 g/mol. The fraction of sp³-hybridized carbons (Fsp3) is 0.667. The van der Waals surface area contributed by atoms with E-state index in [0.717, 1.165) is 32.2 Å². The van der Waals surface area contributed by atoms with E-state index in [0.29, 0.717) is 12.4 Å². The van der Waals surface area contributed by atoms with E-state index in [1.807, 2.05) is 18.7 Å². The Balaban J connectivity index is 2.07. The molecule has 1 saturated heterocycles. The second-order valence-corrected chi connectivity index (χ2v) is 7.62. The molecule has 2 rings (SSSR count). The first-order chi connectivity index (χ1) is 10.4. The van der Waals surface area contributed by atoms with Crippen molar-refractivity contribution in [3.05, 3.63) is 18.3 Å². The van der Waals surface area contributed by atoms with E-state index in [2.05, 4.69) is 9.71 Å². The highest BCUT2D eigenvalue weighted by molar-refractivity contribution is 7.89. The molecule has 0 aromatic carbocycles. The number of hydrogen-bond donors (Lipinski definition) is 2. The maximum absolute atomic E-state index is 12.3. The highest BCUT2D eigenvalue weighted by Crippen LogP contribution is 2.19. The number of piperidine rings is 1. The van der Waals surface area contributed by atoms with Crippen LogP contribution in [0.15, 0.2) is 23.2 Å². The van der Waals surface area contributed by atoms with Gasteiger partial charge in [-0.25, -0.2) is 18.1 Å². The van der Waals surface area contributed by atoms with Crippen molar-refractivity contribution in [2.45, 2.75) is 56.6 Å². The summed E-state index contributed by atoms with van der Waals surface area (Å²) in [6.07, 6.45) is 4.50. The van der Waals surface area contributed by atoms with Crippen LogP contribution < -0.4 is 9.62 Å². The third-order valence-electron chi connectivity index (χ3n) is 3.83. The van der Waals surface area contributed by atoms with Crippen molar-refractivity contribution < 1.29 is 13.5 Å². The number of aliphatic hydroxyl groups is 1. The molecule has 0 spiro atoms. The highest BCUT2D eigenvalue weighted by Gasteiger charge is 2.21. The third kappa shape index (κ3) is 4.41. The Labute approximate surface area is 132 Å². The summed E-state index contributed by atoms with van der Waals surface area (Å²) >= 11 is 0. The second kappa shape index (κ2) is 7.39. The number of nitrogens with one attached hydrogen (secondary N) is 1. The van der Waals surface area contributed by atoms with Crippen LogP contribution in [-0.4, -0.2) is 43.7 Å². The molecule has 1 aliphatic heterocycles. The molecule has 2 heterocycles. The summed E-state index contributed by atoms with van der Waals surface area (Å²) in [6, 6.07) is 3.19. The van der Waals surface area contributed by atoms with Gasteiger partial charge in [-0.15, -0.1) is 0 Å². The molecule has 124 valence electrons. The van der Waals surface area contributed by atoms with E-state index in [9.17, 15) is 13.5 Å². The van der Waals surface area contributed by atoms with Gasteiger partial charge >= 0.3 is 0 Å². The normalized spacial score (nSPS) is 20.9. The molecule has 1 fully saturated rings. The molecule has 1 aromatic heterocycles. The van der Waals surface area contributed by atoms with Crippen molar-refractivity contribution in [1.82, 2.24) is 9.71 Å². The van der Waals surface area contributed by atoms with Gasteiger partial charge in [-0.3, -0.25) is 0 Å². The standard InChI is InChI=1S/C15H25N3O3S/c1-3-5-12(2)17-22(20,21)14-7-8-15(16-10-14)18-9-4-6-13(19)11-18/h7-8,10,12-13,17,19H,3-6,9,11H2,1-2H3/t12-,13-/m1/s1. The van der Waals surface area contributed by atoms with Crippen LogP contribution in [0.3, 0.4) is 0 Å². The maximum Gasteiger partial charge on any atom is 0.242 e. The summed E-state index contributed by atoms with van der Waals surface area (Å²) in [4.78, 5) is 6.41. The minimum absolute atomic E-state index is 0.0908. The van der Waals surface area contributed by atoms with Crippen LogP contribution in [-0.2, 0) is 10.0 Å². The van der Waals surface area contributed by atoms with Crippen LogP contribution in [0.5, 0.6) is 0 Å². The number of aromatic nitrogens is 1. The van der Waals surface area contributed by atoms with Gasteiger partial charge in [0.05, 0.1) is 6.10 Å². The predicted octanol–water partition coefficient (Wildman–Crippen LogP) is 1.51. The Hall–Kier alpha value is -1.18. The molecule has 1 aromatic rings. The number of anilines is 1. The van der Waals surface area contributed by atoms with E-state index in [-0.39, 0.29) is 17.0 Å². The van der Waals surface area contributed by atoms with Gasteiger partial charge in [-0.1, -0.05) is 13.3 Å². The summed E-state index contributed by atoms with van der Waals surface area (Å²) in [5.41, 5.74) is 0. The zero-order valence-electron chi connectivity index (χ0n) is 13.2. The molecule has 1 aliphatic rings. The average Bonchev–Trinajstić information content (AvgIpc) is 2.47. The van der Waals surface area contributed by atoms with Crippen molar-refractivity contribution in [3.63, 3.8) is 0 Å². The van der Waals surface area contributed by atoms with E-state index < -0.39 is 10.0 Å². The fourth-order valence-electron chi connectivity index (χ4n) is 2.71. The molecular formula is C15H25N3O3S. The molecule has 2 atom stereocenters. The van der Waals surface area contributed by atoms with Crippen molar-refractivity contribution in [1.29, 1.82) is 0 Å². The van der Waals surface area contributed by atoms with E-state index >= 15 is 0 Å². The Kier molecular flexibility index (Phi) is 5.77. The minimum Gasteiger partial charge on any atom is -0.391 e. The Morgan fingerprint density at radius 3 is 2.86 bits per heavy atom. The van der Waals surface area contributed by atoms with Gasteiger partial charge in [0.25, 0.3) is 0 Å². The molecule has 0 amide bonds. The van der Waals surface area contributed by atoms with Crippen molar-refractivity contribution in [2.75, 3.05) is 18.0 Å². The van der Waals surface area contributed by atoms with E-state index in [1.165, 1.54) is 6.20 Å². The van der Waals surface area contributed by atoms with Crippen LogP contribution in [0.4, 0.5) is 5.82 Å². The SMILES string of the molecule is CCC[C@@H](C)NS(=O)(=O)c1ccc(N2CCC[C@@H](O)C2)nc1. The number of pyridine rings is 1. The van der Waals surface area contributed by atoms with Crippen LogP contribution in [0.1, 0.15) is 39.5 Å². The molecule has 0 radical (unpaired) electrons. The molecule has 0 unspecified atom stereocenters. The molecule has 22 heavy (non-hydrogen) atoms. The van der Waals surface area contributed by atoms with E-state index in [1.54, 1.807) is 12.1 Å². The largest absolute Gasteiger partial charge is 0.391 e. The molecular weight excluding hydrogens is 302 g/mol. The van der Waals surface area contributed by atoms with Crippen molar-refractivity contribution in [3.8, 4) is 0 Å². The number of β-amino-alcohol motifs (C(OH)–C–C–N with tert-alkyl or cyclic N) is 1. The molecule has 0 saturated carbocycles. The van der Waals surface area contributed by atoms with Gasteiger partial charge in [0, 0.05) is 25.3 Å². The first-order valence-electron chi connectivity index (χ1n) is 7.83. The molecule has 7 heteroatoms. The van der Waals surface area contributed by atoms with Gasteiger partial charge in [-0.05, 0) is 38.3 Å². The smallest absolute Gasteiger partial charge is 0.242 e. The zero-order valence-corrected chi connectivity index (χ0v) is 14.0. The maximum atomic E-state index is 12.3. The van der Waals surface area contributed by atoms with Crippen LogP contribution in [0.25, 0.3) is 0 Å². The predicted molar refractivity (Wildman–Crippen MR) is 86.4 cm³/mol. The second-order valence-electron chi connectivity index (χ2n) is 5.91. The number of rotatable bonds is 6. The summed E-state index contributed by atoms with van der Waals surface area (Å²) < 4.78 is 27.2. The van der Waals surface area contributed by atoms with Gasteiger partial charge < -0.3 is 10.0 Å². The molecule has 2 N–H and O–H groups in total. The van der Waals surface area contributed by atoms with Crippen LogP contribution >= 0.6 is 0 Å². The van der Waals surface area contributed by atoms with Crippen LogP contribution in [0, 0.1) is 0 Å². The quantitative estimate of drug-likeness (QED) is 0.827. The number of aliphatic hydroxyl groups excluding tert-OH is 1. The topological polar surface area (TPSA) is 82.5 Å². The number of sulfonamides is 1. The van der Waals surface area contributed by atoms with Gasteiger partial charge in [0.1, 0.15) is 10.7 Å². The Bertz CT molecular complexity index is 574. The lowest BCUT2D eigenvalue weighted by Crippen LogP contribution is -2.38. The van der Waals surface area contributed by atoms with Gasteiger partial charge in [-0.2, -0.15) is 0 Å². The summed E-state index contributed by atoms with van der Waals surface area (Å²) in [7, 11) is -3.52. The first kappa shape index (κ1) is 17.2. The highest BCUT2D eigenvalue weighted by atomic mass is 32.2. The number of hydrogen-bond acceptors (Lipinski definition) is 5. The van der Waals surface area contributed by atoms with Crippen molar-refractivity contribution in [2.24, 2.45) is 0 Å². The Morgan fingerprint density at radius 1 is 1.50 bits per heavy atom. The Morgan fingerprint density at radius 2 is 2.27 bits per heavy atom. The third-order valence-corrected chi connectivity index (χ3v) is 5.40.